The normalized spacial score (nSPS) is 18.9. The molecule has 0 saturated heterocycles. The first-order valence-corrected chi connectivity index (χ1v) is 10.4. The van der Waals surface area contributed by atoms with Crippen molar-refractivity contribution in [2.45, 2.75) is 44.8 Å². The number of benzene rings is 2. The van der Waals surface area contributed by atoms with Gasteiger partial charge in [-0.15, -0.1) is 0 Å². The monoisotopic (exact) mass is 400 g/mol. The van der Waals surface area contributed by atoms with Crippen molar-refractivity contribution >= 4 is 10.9 Å². The smallest absolute Gasteiger partial charge is 0.261 e. The molecule has 1 saturated carbocycles. The maximum absolute atomic E-state index is 13.2. The summed E-state index contributed by atoms with van der Waals surface area (Å²) in [6.45, 7) is 1.99. The van der Waals surface area contributed by atoms with Gasteiger partial charge >= 0.3 is 0 Å². The minimum absolute atomic E-state index is 0.0649. The minimum atomic E-state index is -0.473. The Labute approximate surface area is 174 Å². The van der Waals surface area contributed by atoms with Gasteiger partial charge in [-0.25, -0.2) is 9.67 Å². The Morgan fingerprint density at radius 2 is 1.97 bits per heavy atom. The second-order valence-electron chi connectivity index (χ2n) is 8.13. The lowest BCUT2D eigenvalue weighted by Crippen LogP contribution is -2.29. The number of hydrogen-bond donors (Lipinski definition) is 1. The van der Waals surface area contributed by atoms with Crippen molar-refractivity contribution in [3.8, 4) is 5.69 Å². The first-order valence-electron chi connectivity index (χ1n) is 10.4. The van der Waals surface area contributed by atoms with Crippen LogP contribution in [0.5, 0.6) is 0 Å². The molecule has 0 aliphatic heterocycles. The van der Waals surface area contributed by atoms with E-state index in [-0.39, 0.29) is 11.6 Å². The summed E-state index contributed by atoms with van der Waals surface area (Å²) in [6.07, 6.45) is 8.03. The van der Waals surface area contributed by atoms with Gasteiger partial charge in [0.2, 0.25) is 0 Å². The molecule has 1 aliphatic carbocycles. The predicted octanol–water partition coefficient (Wildman–Crippen LogP) is 3.57. The van der Waals surface area contributed by atoms with E-state index >= 15 is 0 Å². The molecular weight excluding hydrogens is 376 g/mol. The summed E-state index contributed by atoms with van der Waals surface area (Å²) in [6, 6.07) is 14.1. The molecule has 1 N–H and O–H groups in total. The standard InChI is InChI=1S/C24H24N4O2/c1-16-12-18(13-17-6-8-19(9-7-17)28-11-3-10-26-28)14-20-23(16)25-15-27(24(20)30)21-4-2-5-22(21)29/h3,6-12,14-15,21-22,29H,2,4-5,13H2,1H3. The molecule has 6 heteroatoms. The van der Waals surface area contributed by atoms with Crippen LogP contribution in [-0.2, 0) is 6.42 Å². The maximum atomic E-state index is 13.2. The zero-order valence-corrected chi connectivity index (χ0v) is 16.9. The summed E-state index contributed by atoms with van der Waals surface area (Å²) in [5, 5.41) is 15.1. The van der Waals surface area contributed by atoms with E-state index < -0.39 is 6.10 Å². The molecule has 2 aromatic carbocycles. The lowest BCUT2D eigenvalue weighted by atomic mass is 10.00. The first kappa shape index (κ1) is 18.8. The predicted molar refractivity (Wildman–Crippen MR) is 116 cm³/mol. The summed E-state index contributed by atoms with van der Waals surface area (Å²) in [4.78, 5) is 17.7. The molecule has 0 amide bonds. The third kappa shape index (κ3) is 3.33. The van der Waals surface area contributed by atoms with Crippen LogP contribution < -0.4 is 5.56 Å². The molecule has 2 unspecified atom stereocenters. The van der Waals surface area contributed by atoms with Crippen molar-refractivity contribution < 1.29 is 5.11 Å². The molecule has 4 aromatic rings. The highest BCUT2D eigenvalue weighted by atomic mass is 16.3. The van der Waals surface area contributed by atoms with E-state index in [0.29, 0.717) is 5.39 Å². The number of aryl methyl sites for hydroxylation is 1. The molecule has 2 atom stereocenters. The molecule has 6 nitrogen and oxygen atoms in total. The Morgan fingerprint density at radius 1 is 1.13 bits per heavy atom. The lowest BCUT2D eigenvalue weighted by molar-refractivity contribution is 0.134. The Kier molecular flexibility index (Phi) is 4.71. The van der Waals surface area contributed by atoms with E-state index in [2.05, 4.69) is 28.3 Å². The Hall–Kier alpha value is -3.25. The van der Waals surface area contributed by atoms with Gasteiger partial charge in [-0.05, 0) is 73.6 Å². The fourth-order valence-electron chi connectivity index (χ4n) is 4.51. The molecule has 2 aromatic heterocycles. The molecule has 0 spiro atoms. The van der Waals surface area contributed by atoms with Crippen molar-refractivity contribution in [3.63, 3.8) is 0 Å². The fourth-order valence-corrected chi connectivity index (χ4v) is 4.51. The zero-order valence-electron chi connectivity index (χ0n) is 16.9. The van der Waals surface area contributed by atoms with Gasteiger partial charge in [0.25, 0.3) is 5.56 Å². The van der Waals surface area contributed by atoms with E-state index in [9.17, 15) is 9.90 Å². The summed E-state index contributed by atoms with van der Waals surface area (Å²) >= 11 is 0. The number of aliphatic hydroxyl groups excluding tert-OH is 1. The van der Waals surface area contributed by atoms with Gasteiger partial charge in [-0.3, -0.25) is 9.36 Å². The van der Waals surface area contributed by atoms with Gasteiger partial charge < -0.3 is 5.11 Å². The van der Waals surface area contributed by atoms with Crippen LogP contribution in [0.1, 0.15) is 42.0 Å². The quantitative estimate of drug-likeness (QED) is 0.568. The third-order valence-electron chi connectivity index (χ3n) is 6.05. The van der Waals surface area contributed by atoms with Crippen molar-refractivity contribution in [3.05, 3.63) is 88.2 Å². The topological polar surface area (TPSA) is 72.9 Å². The molecular formula is C24H24N4O2. The van der Waals surface area contributed by atoms with Crippen molar-refractivity contribution in [2.75, 3.05) is 0 Å². The number of hydrogen-bond acceptors (Lipinski definition) is 4. The van der Waals surface area contributed by atoms with E-state index in [1.807, 2.05) is 42.1 Å². The number of aliphatic hydroxyl groups is 1. The fraction of sp³-hybridized carbons (Fsp3) is 0.292. The highest BCUT2D eigenvalue weighted by Crippen LogP contribution is 2.29. The molecule has 1 aliphatic rings. The second kappa shape index (κ2) is 7.54. The average Bonchev–Trinajstić information content (AvgIpc) is 3.42. The minimum Gasteiger partial charge on any atom is -0.391 e. The molecule has 30 heavy (non-hydrogen) atoms. The summed E-state index contributed by atoms with van der Waals surface area (Å²) in [5.74, 6) is 0. The van der Waals surface area contributed by atoms with Crippen LogP contribution in [0, 0.1) is 6.92 Å². The van der Waals surface area contributed by atoms with Gasteiger partial charge in [-0.2, -0.15) is 5.10 Å². The molecule has 0 radical (unpaired) electrons. The summed E-state index contributed by atoms with van der Waals surface area (Å²) in [7, 11) is 0. The van der Waals surface area contributed by atoms with Gasteiger partial charge in [0.05, 0.1) is 35.1 Å². The number of nitrogens with zero attached hydrogens (tertiary/aromatic N) is 4. The molecule has 5 rings (SSSR count). The van der Waals surface area contributed by atoms with Crippen LogP contribution >= 0.6 is 0 Å². The Bertz CT molecular complexity index is 1240. The first-order chi connectivity index (χ1) is 14.6. The number of aromatic nitrogens is 4. The number of fused-ring (bicyclic) bond motifs is 1. The summed E-state index contributed by atoms with van der Waals surface area (Å²) < 4.78 is 3.46. The van der Waals surface area contributed by atoms with E-state index in [1.54, 1.807) is 17.1 Å². The van der Waals surface area contributed by atoms with Gasteiger partial charge in [0.15, 0.2) is 0 Å². The number of rotatable bonds is 4. The summed E-state index contributed by atoms with van der Waals surface area (Å²) in [5.41, 5.74) is 4.93. The van der Waals surface area contributed by atoms with Crippen molar-refractivity contribution in [1.82, 2.24) is 19.3 Å². The molecule has 1 fully saturated rings. The Morgan fingerprint density at radius 3 is 2.67 bits per heavy atom. The van der Waals surface area contributed by atoms with Crippen molar-refractivity contribution in [2.24, 2.45) is 0 Å². The van der Waals surface area contributed by atoms with Crippen molar-refractivity contribution in [1.29, 1.82) is 0 Å². The van der Waals surface area contributed by atoms with Crippen LogP contribution in [-0.4, -0.2) is 30.5 Å². The SMILES string of the molecule is Cc1cc(Cc2ccc(-n3cccn3)cc2)cc2c(=O)n(C3CCCC3O)cnc12. The van der Waals surface area contributed by atoms with E-state index in [1.165, 1.54) is 5.56 Å². The van der Waals surface area contributed by atoms with E-state index in [0.717, 1.165) is 48.0 Å². The molecule has 152 valence electrons. The zero-order chi connectivity index (χ0) is 20.7. The Balaban J connectivity index is 1.49. The van der Waals surface area contributed by atoms with Crippen LogP contribution in [0.2, 0.25) is 0 Å². The molecule has 2 heterocycles. The second-order valence-corrected chi connectivity index (χ2v) is 8.13. The average molecular weight is 400 g/mol. The third-order valence-corrected chi connectivity index (χ3v) is 6.05. The maximum Gasteiger partial charge on any atom is 0.261 e. The van der Waals surface area contributed by atoms with Gasteiger partial charge in [0.1, 0.15) is 0 Å². The van der Waals surface area contributed by atoms with Crippen LogP contribution in [0.3, 0.4) is 0 Å². The highest BCUT2D eigenvalue weighted by Gasteiger charge is 2.28. The van der Waals surface area contributed by atoms with Gasteiger partial charge in [-0.1, -0.05) is 18.2 Å². The highest BCUT2D eigenvalue weighted by molar-refractivity contribution is 5.81. The van der Waals surface area contributed by atoms with Gasteiger partial charge in [0, 0.05) is 12.4 Å². The van der Waals surface area contributed by atoms with Crippen LogP contribution in [0.15, 0.2) is 66.0 Å². The van der Waals surface area contributed by atoms with Crippen LogP contribution in [0.4, 0.5) is 0 Å². The lowest BCUT2D eigenvalue weighted by Gasteiger charge is -2.18. The molecule has 0 bridgehead atoms. The van der Waals surface area contributed by atoms with Crippen LogP contribution in [0.25, 0.3) is 16.6 Å². The largest absolute Gasteiger partial charge is 0.391 e. The van der Waals surface area contributed by atoms with E-state index in [4.69, 9.17) is 0 Å².